The minimum absolute atomic E-state index is 0.171. The van der Waals surface area contributed by atoms with Crippen LogP contribution < -0.4 is 0 Å². The van der Waals surface area contributed by atoms with Gasteiger partial charge in [-0.3, -0.25) is 0 Å². The molecule has 0 N–H and O–H groups in total. The molecule has 1 fully saturated rings. The van der Waals surface area contributed by atoms with Gasteiger partial charge in [-0.1, -0.05) is 21.1 Å². The van der Waals surface area contributed by atoms with Gasteiger partial charge in [0, 0.05) is 17.6 Å². The molecule has 124 valence electrons. The molecule has 1 aromatic heterocycles. The molecule has 3 rings (SSSR count). The van der Waals surface area contributed by atoms with Gasteiger partial charge in [-0.15, -0.1) is 0 Å². The van der Waals surface area contributed by atoms with Gasteiger partial charge in [-0.2, -0.15) is 9.29 Å². The summed E-state index contributed by atoms with van der Waals surface area (Å²) < 4.78 is 46.4. The van der Waals surface area contributed by atoms with Crippen LogP contribution in [0, 0.1) is 12.7 Å². The highest BCUT2D eigenvalue weighted by atomic mass is 79.9. The van der Waals surface area contributed by atoms with Gasteiger partial charge in [0.1, 0.15) is 10.7 Å². The van der Waals surface area contributed by atoms with Crippen LogP contribution in [0.15, 0.2) is 32.1 Å². The van der Waals surface area contributed by atoms with E-state index in [0.717, 1.165) is 12.5 Å². The van der Waals surface area contributed by atoms with Crippen molar-refractivity contribution in [1.82, 2.24) is 14.4 Å². The molecule has 1 aliphatic rings. The van der Waals surface area contributed by atoms with E-state index in [1.54, 1.807) is 6.92 Å². The predicted octanol–water partition coefficient (Wildman–Crippen LogP) is 2.85. The third kappa shape index (κ3) is 3.31. The van der Waals surface area contributed by atoms with E-state index >= 15 is 0 Å². The van der Waals surface area contributed by atoms with Crippen LogP contribution in [0.25, 0.3) is 0 Å². The summed E-state index contributed by atoms with van der Waals surface area (Å²) in [4.78, 5) is 3.85. The summed E-state index contributed by atoms with van der Waals surface area (Å²) in [5.74, 6) is 0.00836. The van der Waals surface area contributed by atoms with Crippen LogP contribution in [-0.2, 0) is 10.0 Å². The van der Waals surface area contributed by atoms with E-state index in [-0.39, 0.29) is 17.4 Å². The molecule has 9 heteroatoms. The first-order chi connectivity index (χ1) is 10.9. The van der Waals surface area contributed by atoms with E-state index in [4.69, 9.17) is 4.52 Å². The summed E-state index contributed by atoms with van der Waals surface area (Å²) in [6.07, 6.45) is 1.41. The van der Waals surface area contributed by atoms with Crippen molar-refractivity contribution in [3.8, 4) is 0 Å². The number of sulfonamides is 1. The van der Waals surface area contributed by atoms with Crippen molar-refractivity contribution in [2.24, 2.45) is 0 Å². The Morgan fingerprint density at radius 3 is 2.91 bits per heavy atom. The highest BCUT2D eigenvalue weighted by Gasteiger charge is 2.34. The average molecular weight is 404 g/mol. The third-order valence-corrected chi connectivity index (χ3v) is 6.16. The number of halogens is 2. The molecule has 0 bridgehead atoms. The van der Waals surface area contributed by atoms with Crippen molar-refractivity contribution in [2.45, 2.75) is 30.6 Å². The van der Waals surface area contributed by atoms with E-state index in [2.05, 4.69) is 26.1 Å². The molecule has 0 saturated carbocycles. The minimum Gasteiger partial charge on any atom is -0.339 e. The minimum atomic E-state index is -3.91. The smallest absolute Gasteiger partial charge is 0.246 e. The maximum atomic E-state index is 14.0. The Morgan fingerprint density at radius 2 is 2.22 bits per heavy atom. The fourth-order valence-corrected chi connectivity index (χ4v) is 4.78. The first-order valence-corrected chi connectivity index (χ1v) is 9.36. The number of rotatable bonds is 3. The Balaban J connectivity index is 1.89. The van der Waals surface area contributed by atoms with Crippen molar-refractivity contribution in [1.29, 1.82) is 0 Å². The van der Waals surface area contributed by atoms with Gasteiger partial charge in [0.05, 0.1) is 5.92 Å². The Hall–Kier alpha value is -1.32. The van der Waals surface area contributed by atoms with Gasteiger partial charge in [0.2, 0.25) is 15.9 Å². The lowest BCUT2D eigenvalue weighted by Crippen LogP contribution is -2.39. The fourth-order valence-electron chi connectivity index (χ4n) is 2.66. The normalized spacial score (nSPS) is 19.9. The molecule has 0 spiro atoms. The number of aryl methyl sites for hydroxylation is 1. The summed E-state index contributed by atoms with van der Waals surface area (Å²) in [7, 11) is -3.91. The van der Waals surface area contributed by atoms with E-state index in [1.165, 1.54) is 16.4 Å². The van der Waals surface area contributed by atoms with Gasteiger partial charge in [0.15, 0.2) is 5.82 Å². The number of aromatic nitrogens is 2. The second-order valence-corrected chi connectivity index (χ2v) is 8.28. The maximum Gasteiger partial charge on any atom is 0.246 e. The van der Waals surface area contributed by atoms with Crippen molar-refractivity contribution in [3.63, 3.8) is 0 Å². The van der Waals surface area contributed by atoms with Crippen LogP contribution in [-0.4, -0.2) is 36.0 Å². The molecule has 1 aliphatic heterocycles. The first-order valence-electron chi connectivity index (χ1n) is 7.13. The SMILES string of the molecule is Cc1noc(C2CCCN(S(=O)(=O)c3cc(Br)ccc3F)C2)n1. The molecule has 1 saturated heterocycles. The molecule has 0 amide bonds. The zero-order valence-corrected chi connectivity index (χ0v) is 14.8. The van der Waals surface area contributed by atoms with Crippen molar-refractivity contribution in [2.75, 3.05) is 13.1 Å². The molecular weight excluding hydrogens is 389 g/mol. The summed E-state index contributed by atoms with van der Waals surface area (Å²) in [6.45, 7) is 2.26. The summed E-state index contributed by atoms with van der Waals surface area (Å²) in [5.41, 5.74) is 0. The molecule has 1 unspecified atom stereocenters. The van der Waals surface area contributed by atoms with Crippen LogP contribution in [0.1, 0.15) is 30.5 Å². The quantitative estimate of drug-likeness (QED) is 0.787. The molecule has 2 aromatic rings. The van der Waals surface area contributed by atoms with Crippen LogP contribution in [0.3, 0.4) is 0 Å². The first kappa shape index (κ1) is 16.5. The van der Waals surface area contributed by atoms with Gasteiger partial charge in [0.25, 0.3) is 0 Å². The number of nitrogens with zero attached hydrogens (tertiary/aromatic N) is 3. The fraction of sp³-hybridized carbons (Fsp3) is 0.429. The highest BCUT2D eigenvalue weighted by molar-refractivity contribution is 9.10. The Labute approximate surface area is 141 Å². The highest BCUT2D eigenvalue weighted by Crippen LogP contribution is 2.31. The van der Waals surface area contributed by atoms with Crippen LogP contribution in [0.4, 0.5) is 4.39 Å². The molecule has 2 heterocycles. The lowest BCUT2D eigenvalue weighted by atomic mass is 10.00. The zero-order chi connectivity index (χ0) is 16.6. The van der Waals surface area contributed by atoms with Crippen molar-refractivity contribution >= 4 is 26.0 Å². The van der Waals surface area contributed by atoms with Crippen molar-refractivity contribution < 1.29 is 17.3 Å². The van der Waals surface area contributed by atoms with Crippen LogP contribution >= 0.6 is 15.9 Å². The molecule has 6 nitrogen and oxygen atoms in total. The standard InChI is InChI=1S/C14H15BrFN3O3S/c1-9-17-14(22-18-9)10-3-2-6-19(8-10)23(20,21)13-7-11(15)4-5-12(13)16/h4-5,7,10H,2-3,6,8H2,1H3. The summed E-state index contributed by atoms with van der Waals surface area (Å²) >= 11 is 3.18. The molecule has 23 heavy (non-hydrogen) atoms. The van der Waals surface area contributed by atoms with Gasteiger partial charge in [-0.05, 0) is 38.0 Å². The maximum absolute atomic E-state index is 14.0. The van der Waals surface area contributed by atoms with Gasteiger partial charge >= 0.3 is 0 Å². The lowest BCUT2D eigenvalue weighted by Gasteiger charge is -2.30. The van der Waals surface area contributed by atoms with E-state index in [9.17, 15) is 12.8 Å². The third-order valence-electron chi connectivity index (χ3n) is 3.79. The molecule has 0 radical (unpaired) electrons. The number of hydrogen-bond acceptors (Lipinski definition) is 5. The monoisotopic (exact) mass is 403 g/mol. The van der Waals surface area contributed by atoms with Crippen LogP contribution in [0.2, 0.25) is 0 Å². The Kier molecular flexibility index (Phi) is 4.52. The second kappa shape index (κ2) is 6.29. The predicted molar refractivity (Wildman–Crippen MR) is 83.9 cm³/mol. The van der Waals surface area contributed by atoms with Gasteiger partial charge < -0.3 is 4.52 Å². The lowest BCUT2D eigenvalue weighted by molar-refractivity contribution is 0.264. The summed E-state index contributed by atoms with van der Waals surface area (Å²) in [5, 5.41) is 3.74. The Bertz CT molecular complexity index is 824. The molecular formula is C14H15BrFN3O3S. The van der Waals surface area contributed by atoms with Crippen LogP contribution in [0.5, 0.6) is 0 Å². The van der Waals surface area contributed by atoms with E-state index in [1.807, 2.05) is 0 Å². The molecule has 1 atom stereocenters. The number of piperidine rings is 1. The summed E-state index contributed by atoms with van der Waals surface area (Å²) in [6, 6.07) is 3.89. The van der Waals surface area contributed by atoms with E-state index < -0.39 is 15.8 Å². The van der Waals surface area contributed by atoms with E-state index in [0.29, 0.717) is 29.2 Å². The average Bonchev–Trinajstić information content (AvgIpc) is 2.96. The van der Waals surface area contributed by atoms with Gasteiger partial charge in [-0.25, -0.2) is 12.8 Å². The number of benzene rings is 1. The topological polar surface area (TPSA) is 76.3 Å². The number of hydrogen-bond donors (Lipinski definition) is 0. The largest absolute Gasteiger partial charge is 0.339 e. The molecule has 1 aromatic carbocycles. The molecule has 0 aliphatic carbocycles. The second-order valence-electron chi connectivity index (χ2n) is 5.46. The Morgan fingerprint density at radius 1 is 1.43 bits per heavy atom. The zero-order valence-electron chi connectivity index (χ0n) is 12.4. The van der Waals surface area contributed by atoms with Crippen molar-refractivity contribution in [3.05, 3.63) is 40.2 Å².